The molecular formula is C13H32NO4PSi. The normalized spacial score (nSPS) is 14.5. The van der Waals surface area contributed by atoms with Crippen LogP contribution in [0.2, 0.25) is 18.1 Å². The Morgan fingerprint density at radius 3 is 1.75 bits per heavy atom. The molecule has 7 heteroatoms. The van der Waals surface area contributed by atoms with E-state index < -0.39 is 15.9 Å². The van der Waals surface area contributed by atoms with Gasteiger partial charge in [-0.25, -0.2) is 0 Å². The molecule has 0 aromatic rings. The molecule has 1 atom stereocenters. The van der Waals surface area contributed by atoms with Gasteiger partial charge < -0.3 is 19.2 Å². The van der Waals surface area contributed by atoms with Crippen LogP contribution in [0.3, 0.4) is 0 Å². The third-order valence-electron chi connectivity index (χ3n) is 3.69. The summed E-state index contributed by atoms with van der Waals surface area (Å²) in [6.07, 6.45) is 0.00498. The van der Waals surface area contributed by atoms with Crippen molar-refractivity contribution in [1.82, 2.24) is 0 Å². The fourth-order valence-corrected chi connectivity index (χ4v) is 7.12. The maximum Gasteiger partial charge on any atom is 0.333 e. The lowest BCUT2D eigenvalue weighted by Crippen LogP contribution is -2.44. The Hall–Kier alpha value is 0.287. The predicted octanol–water partition coefficient (Wildman–Crippen LogP) is 3.60. The lowest BCUT2D eigenvalue weighted by Gasteiger charge is -2.33. The molecule has 0 aromatic heterocycles. The molecule has 0 spiro atoms. The van der Waals surface area contributed by atoms with E-state index in [1.807, 2.05) is 13.8 Å². The summed E-state index contributed by atoms with van der Waals surface area (Å²) in [6.45, 7) is 11.2. The van der Waals surface area contributed by atoms with Crippen LogP contribution in [-0.4, -0.2) is 40.3 Å². The van der Waals surface area contributed by atoms with Gasteiger partial charge in [-0.1, -0.05) is 20.8 Å². The average Bonchev–Trinajstić information content (AvgIpc) is 2.44. The molecule has 0 radical (unpaired) electrons. The molecule has 0 aliphatic rings. The molecule has 0 saturated heterocycles. The van der Waals surface area contributed by atoms with Crippen LogP contribution in [0.4, 0.5) is 0 Å². The average molecular weight is 325 g/mol. The lowest BCUT2D eigenvalue weighted by molar-refractivity contribution is 0.180. The van der Waals surface area contributed by atoms with Gasteiger partial charge in [0.1, 0.15) is 0 Å². The first-order valence-electron chi connectivity index (χ1n) is 7.70. The Labute approximate surface area is 125 Å². The summed E-state index contributed by atoms with van der Waals surface area (Å²) in [4.78, 5) is 0. The van der Waals surface area contributed by atoms with E-state index in [2.05, 4.69) is 20.8 Å². The predicted molar refractivity (Wildman–Crippen MR) is 86.8 cm³/mol. The molecule has 0 saturated carbocycles. The van der Waals surface area contributed by atoms with Crippen molar-refractivity contribution < 1.29 is 18.0 Å². The molecule has 0 fully saturated rings. The molecule has 0 unspecified atom stereocenters. The van der Waals surface area contributed by atoms with Gasteiger partial charge in [0.05, 0.1) is 25.5 Å². The minimum absolute atomic E-state index is 0.245. The minimum Gasteiger partial charge on any atom is -0.412 e. The van der Waals surface area contributed by atoms with Crippen molar-refractivity contribution in [1.29, 1.82) is 0 Å². The standard InChI is InChI=1S/C13H32NO4PSi/c1-6-16-19(15,17-7-2)12-13(11-14)18-20(8-3,9-4)10-5/h13H,6-12,14H2,1-5H3/t13-/m1/s1. The van der Waals surface area contributed by atoms with Crippen molar-refractivity contribution in [2.24, 2.45) is 5.73 Å². The van der Waals surface area contributed by atoms with Gasteiger partial charge in [-0.05, 0) is 32.0 Å². The number of rotatable bonds is 12. The van der Waals surface area contributed by atoms with E-state index >= 15 is 0 Å². The van der Waals surface area contributed by atoms with E-state index in [1.54, 1.807) is 0 Å². The van der Waals surface area contributed by atoms with Gasteiger partial charge in [-0.15, -0.1) is 0 Å². The Balaban J connectivity index is 4.86. The van der Waals surface area contributed by atoms with E-state index in [9.17, 15) is 4.57 Å². The molecule has 20 heavy (non-hydrogen) atoms. The van der Waals surface area contributed by atoms with E-state index in [4.69, 9.17) is 19.2 Å². The van der Waals surface area contributed by atoms with Gasteiger partial charge >= 0.3 is 7.60 Å². The molecular weight excluding hydrogens is 293 g/mol. The van der Waals surface area contributed by atoms with Crippen molar-refractivity contribution in [2.75, 3.05) is 25.9 Å². The first-order chi connectivity index (χ1) is 9.44. The largest absolute Gasteiger partial charge is 0.412 e. The van der Waals surface area contributed by atoms with Crippen molar-refractivity contribution in [3.05, 3.63) is 0 Å². The van der Waals surface area contributed by atoms with Crippen LogP contribution >= 0.6 is 7.60 Å². The highest BCUT2D eigenvalue weighted by Crippen LogP contribution is 2.49. The van der Waals surface area contributed by atoms with Gasteiger partial charge in [-0.3, -0.25) is 4.57 Å². The SMILES string of the molecule is CCOP(=O)(C[C@@H](CN)O[Si](CC)(CC)CC)OCC. The van der Waals surface area contributed by atoms with Crippen LogP contribution in [0.15, 0.2) is 0 Å². The topological polar surface area (TPSA) is 70.8 Å². The van der Waals surface area contributed by atoms with E-state index in [0.717, 1.165) is 18.1 Å². The number of hydrogen-bond donors (Lipinski definition) is 1. The van der Waals surface area contributed by atoms with Gasteiger partial charge in [0.2, 0.25) is 0 Å². The summed E-state index contributed by atoms with van der Waals surface area (Å²) in [5, 5.41) is 0. The molecule has 0 rings (SSSR count). The van der Waals surface area contributed by atoms with E-state index in [-0.39, 0.29) is 12.3 Å². The Morgan fingerprint density at radius 2 is 1.45 bits per heavy atom. The summed E-state index contributed by atoms with van der Waals surface area (Å²) in [7, 11) is -4.85. The third-order valence-corrected chi connectivity index (χ3v) is 10.5. The molecule has 0 aliphatic heterocycles. The Morgan fingerprint density at radius 1 is 1.00 bits per heavy atom. The highest BCUT2D eigenvalue weighted by atomic mass is 31.2. The minimum atomic E-state index is -3.09. The molecule has 0 amide bonds. The fraction of sp³-hybridized carbons (Fsp3) is 1.00. The monoisotopic (exact) mass is 325 g/mol. The second-order valence-corrected chi connectivity index (χ2v) is 11.7. The summed E-state index contributed by atoms with van der Waals surface area (Å²) >= 11 is 0. The zero-order valence-corrected chi connectivity index (χ0v) is 15.6. The molecule has 0 aliphatic carbocycles. The first-order valence-corrected chi connectivity index (χ1v) is 12.0. The van der Waals surface area contributed by atoms with Crippen molar-refractivity contribution in [3.8, 4) is 0 Å². The third kappa shape index (κ3) is 6.37. The number of nitrogens with two attached hydrogens (primary N) is 1. The van der Waals surface area contributed by atoms with E-state index in [1.165, 1.54) is 0 Å². The Kier molecular flexibility index (Phi) is 10.2. The second-order valence-electron chi connectivity index (χ2n) is 4.85. The van der Waals surface area contributed by atoms with Gasteiger partial charge in [0.15, 0.2) is 8.32 Å². The van der Waals surface area contributed by atoms with Crippen LogP contribution < -0.4 is 5.73 Å². The highest BCUT2D eigenvalue weighted by Gasteiger charge is 2.35. The maximum atomic E-state index is 12.6. The molecule has 2 N–H and O–H groups in total. The zero-order chi connectivity index (χ0) is 15.6. The second kappa shape index (κ2) is 10.1. The van der Waals surface area contributed by atoms with Crippen LogP contribution in [-0.2, 0) is 18.0 Å². The van der Waals surface area contributed by atoms with Gasteiger partial charge in [0.25, 0.3) is 0 Å². The first kappa shape index (κ1) is 20.3. The molecule has 5 nitrogen and oxygen atoms in total. The Bertz CT molecular complexity index is 282. The molecule has 0 bridgehead atoms. The summed E-state index contributed by atoms with van der Waals surface area (Å²) in [5.74, 6) is 0. The van der Waals surface area contributed by atoms with Gasteiger partial charge in [0, 0.05) is 6.54 Å². The fourth-order valence-electron chi connectivity index (χ4n) is 2.30. The molecule has 122 valence electrons. The zero-order valence-electron chi connectivity index (χ0n) is 13.7. The van der Waals surface area contributed by atoms with Crippen LogP contribution in [0.5, 0.6) is 0 Å². The summed E-state index contributed by atoms with van der Waals surface area (Å²) in [5.41, 5.74) is 5.81. The smallest absolute Gasteiger partial charge is 0.333 e. The summed E-state index contributed by atoms with van der Waals surface area (Å²) < 4.78 is 29.5. The molecule has 0 aromatic carbocycles. The van der Waals surface area contributed by atoms with Crippen LogP contribution in [0.25, 0.3) is 0 Å². The van der Waals surface area contributed by atoms with Gasteiger partial charge in [-0.2, -0.15) is 0 Å². The van der Waals surface area contributed by atoms with Crippen LogP contribution in [0.1, 0.15) is 34.6 Å². The highest BCUT2D eigenvalue weighted by molar-refractivity contribution is 7.53. The van der Waals surface area contributed by atoms with E-state index in [0.29, 0.717) is 19.8 Å². The van der Waals surface area contributed by atoms with Crippen molar-refractivity contribution in [3.63, 3.8) is 0 Å². The maximum absolute atomic E-state index is 12.6. The molecule has 0 heterocycles. The van der Waals surface area contributed by atoms with Crippen molar-refractivity contribution >= 4 is 15.9 Å². The quantitative estimate of drug-likeness (QED) is 0.438. The van der Waals surface area contributed by atoms with Crippen LogP contribution in [0, 0.1) is 0 Å². The number of hydrogen-bond acceptors (Lipinski definition) is 5. The van der Waals surface area contributed by atoms with Crippen molar-refractivity contribution in [2.45, 2.75) is 58.9 Å². The lowest BCUT2D eigenvalue weighted by atomic mass is 10.4. The summed E-state index contributed by atoms with van der Waals surface area (Å²) in [6, 6.07) is 3.14.